The molecule has 1 aliphatic carbocycles. The van der Waals surface area contributed by atoms with Gasteiger partial charge in [0.15, 0.2) is 0 Å². The second-order valence-corrected chi connectivity index (χ2v) is 6.29. The van der Waals surface area contributed by atoms with E-state index in [0.717, 1.165) is 16.7 Å². The molecule has 0 saturated carbocycles. The predicted octanol–water partition coefficient (Wildman–Crippen LogP) is 4.70. The van der Waals surface area contributed by atoms with Gasteiger partial charge < -0.3 is 0 Å². The number of allylic oxidation sites excluding steroid dienone is 4. The van der Waals surface area contributed by atoms with Crippen LogP contribution in [0.3, 0.4) is 0 Å². The zero-order chi connectivity index (χ0) is 17.2. The highest BCUT2D eigenvalue weighted by Gasteiger charge is 2.28. The molecule has 0 spiro atoms. The normalized spacial score (nSPS) is 17.2. The van der Waals surface area contributed by atoms with Gasteiger partial charge in [-0.25, -0.2) is 20.2 Å². The van der Waals surface area contributed by atoms with Crippen LogP contribution in [0.15, 0.2) is 29.6 Å². The number of fused-ring (bicyclic) bond motifs is 1. The molecule has 0 heterocycles. The lowest BCUT2D eigenvalue weighted by Crippen LogP contribution is -2.11. The second-order valence-electron chi connectivity index (χ2n) is 6.29. The summed E-state index contributed by atoms with van der Waals surface area (Å²) in [6.45, 7) is 20.6. The van der Waals surface area contributed by atoms with Gasteiger partial charge in [-0.2, -0.15) is 0 Å². The lowest BCUT2D eigenvalue weighted by molar-refractivity contribution is 0.590. The van der Waals surface area contributed by atoms with Gasteiger partial charge in [-0.3, -0.25) is 0 Å². The van der Waals surface area contributed by atoms with Crippen LogP contribution in [-0.4, -0.2) is 0 Å². The summed E-state index contributed by atoms with van der Waals surface area (Å²) < 4.78 is 0. The first-order chi connectivity index (χ1) is 10.9. The van der Waals surface area contributed by atoms with Gasteiger partial charge in [0.1, 0.15) is 0 Å². The summed E-state index contributed by atoms with van der Waals surface area (Å²) >= 11 is 0. The monoisotopic (exact) mass is 298 g/mol. The highest BCUT2D eigenvalue weighted by molar-refractivity contribution is 5.97. The number of nitrogens with zero attached hydrogens (tertiary/aromatic N) is 4. The first-order valence-electron chi connectivity index (χ1n) is 7.04. The quantitative estimate of drug-likeness (QED) is 0.515. The van der Waals surface area contributed by atoms with E-state index in [2.05, 4.69) is 30.5 Å². The minimum absolute atomic E-state index is 0.0204. The molecule has 110 valence electrons. The largest absolute Gasteiger partial charge is 0.265 e. The molecule has 1 aromatic rings. The topological polar surface area (TPSA) is 56.3 Å². The molecule has 1 aromatic carbocycles. The van der Waals surface area contributed by atoms with E-state index in [0.29, 0.717) is 11.1 Å². The van der Waals surface area contributed by atoms with Crippen LogP contribution in [0.5, 0.6) is 0 Å². The van der Waals surface area contributed by atoms with Crippen molar-refractivity contribution in [3.05, 3.63) is 69.1 Å². The Bertz CT molecular complexity index is 879. The third kappa shape index (κ3) is 2.72. The van der Waals surface area contributed by atoms with Crippen molar-refractivity contribution in [3.63, 3.8) is 0 Å². The Morgan fingerprint density at radius 2 is 1.52 bits per heavy atom. The van der Waals surface area contributed by atoms with Gasteiger partial charge in [0, 0.05) is 0 Å². The van der Waals surface area contributed by atoms with Crippen molar-refractivity contribution in [2.45, 2.75) is 32.6 Å². The van der Waals surface area contributed by atoms with E-state index in [1.54, 1.807) is 0 Å². The molecule has 1 aliphatic rings. The van der Waals surface area contributed by atoms with Crippen molar-refractivity contribution >= 4 is 11.1 Å². The molecule has 0 amide bonds. The van der Waals surface area contributed by atoms with E-state index in [4.69, 9.17) is 13.1 Å². The van der Waals surface area contributed by atoms with Crippen LogP contribution in [0.4, 0.5) is 0 Å². The third-order valence-corrected chi connectivity index (χ3v) is 3.90. The summed E-state index contributed by atoms with van der Waals surface area (Å²) in [5, 5.41) is 18.4. The van der Waals surface area contributed by atoms with E-state index in [1.807, 2.05) is 30.3 Å². The SMILES string of the molecule is [C-]#[N+]C(C#N)=C1CC(=C(C#N)[N+]#[C-])c2cc(C(C)(C)C)ccc21. The van der Waals surface area contributed by atoms with Gasteiger partial charge in [-0.05, 0) is 39.7 Å². The second kappa shape index (κ2) is 5.81. The fourth-order valence-corrected chi connectivity index (χ4v) is 2.63. The molecule has 0 fully saturated rings. The van der Waals surface area contributed by atoms with Crippen LogP contribution < -0.4 is 0 Å². The van der Waals surface area contributed by atoms with Crippen LogP contribution in [0.2, 0.25) is 0 Å². The Morgan fingerprint density at radius 3 is 1.96 bits per heavy atom. The number of hydrogen-bond acceptors (Lipinski definition) is 2. The number of hydrogen-bond donors (Lipinski definition) is 0. The summed E-state index contributed by atoms with van der Waals surface area (Å²) in [6.07, 6.45) is 0.277. The van der Waals surface area contributed by atoms with Crippen molar-refractivity contribution in [2.24, 2.45) is 0 Å². The molecule has 0 unspecified atom stereocenters. The van der Waals surface area contributed by atoms with E-state index >= 15 is 0 Å². The highest BCUT2D eigenvalue weighted by Crippen LogP contribution is 2.45. The first-order valence-corrected chi connectivity index (χ1v) is 7.04. The van der Waals surface area contributed by atoms with Crippen molar-refractivity contribution in [1.82, 2.24) is 0 Å². The molecule has 4 heteroatoms. The molecule has 0 atom stereocenters. The molecule has 0 N–H and O–H groups in total. The maximum atomic E-state index is 9.22. The lowest BCUT2D eigenvalue weighted by Gasteiger charge is -2.20. The summed E-state index contributed by atoms with van der Waals surface area (Å²) in [5.74, 6) is 0. The fraction of sp³-hybridized carbons (Fsp3) is 0.263. The van der Waals surface area contributed by atoms with Gasteiger partial charge in [0.25, 0.3) is 11.4 Å². The maximum Gasteiger partial charge on any atom is 0.265 e. The molecule has 2 rings (SSSR count). The molecule has 0 radical (unpaired) electrons. The van der Waals surface area contributed by atoms with Gasteiger partial charge >= 0.3 is 0 Å². The van der Waals surface area contributed by atoms with E-state index in [-0.39, 0.29) is 23.2 Å². The maximum absolute atomic E-state index is 9.22. The average molecular weight is 298 g/mol. The minimum atomic E-state index is -0.0740. The van der Waals surface area contributed by atoms with Crippen molar-refractivity contribution in [3.8, 4) is 12.1 Å². The highest BCUT2D eigenvalue weighted by atomic mass is 14.7. The molecule has 0 aromatic heterocycles. The Balaban J connectivity index is 2.86. The van der Waals surface area contributed by atoms with Gasteiger partial charge in [0.2, 0.25) is 0 Å². The Kier molecular flexibility index (Phi) is 4.05. The molecule has 0 bridgehead atoms. The first kappa shape index (κ1) is 16.0. The van der Waals surface area contributed by atoms with Crippen LogP contribution in [0.1, 0.15) is 43.9 Å². The van der Waals surface area contributed by atoms with Gasteiger partial charge in [-0.15, -0.1) is 0 Å². The zero-order valence-corrected chi connectivity index (χ0v) is 13.2. The van der Waals surface area contributed by atoms with Crippen LogP contribution in [-0.2, 0) is 5.41 Å². The summed E-state index contributed by atoms with van der Waals surface area (Å²) in [6, 6.07) is 9.68. The van der Waals surface area contributed by atoms with Crippen molar-refractivity contribution in [2.75, 3.05) is 0 Å². The smallest absolute Gasteiger partial charge is 0.226 e. The molecular formula is C19H14N4. The summed E-state index contributed by atoms with van der Waals surface area (Å²) in [4.78, 5) is 6.60. The Labute approximate surface area is 136 Å². The summed E-state index contributed by atoms with van der Waals surface area (Å²) in [5.41, 5.74) is 3.82. The number of benzene rings is 1. The van der Waals surface area contributed by atoms with E-state index in [1.165, 1.54) is 0 Å². The standard InChI is InChI=1S/C19H14N4/c1-19(2,3)12-6-7-13-14(8-12)16(18(11-21)23-5)9-15(13)17(10-20)22-4/h6-8H,9H2,1-3H3. The Hall–Kier alpha value is -3.34. The number of nitriles is 2. The summed E-state index contributed by atoms with van der Waals surface area (Å²) in [7, 11) is 0. The molecule has 4 nitrogen and oxygen atoms in total. The minimum Gasteiger partial charge on any atom is -0.226 e. The number of rotatable bonds is 0. The van der Waals surface area contributed by atoms with E-state index < -0.39 is 0 Å². The van der Waals surface area contributed by atoms with Crippen LogP contribution in [0, 0.1) is 35.8 Å². The zero-order valence-electron chi connectivity index (χ0n) is 13.2. The third-order valence-electron chi connectivity index (χ3n) is 3.90. The van der Waals surface area contributed by atoms with Crippen molar-refractivity contribution in [1.29, 1.82) is 10.5 Å². The fourth-order valence-electron chi connectivity index (χ4n) is 2.63. The Morgan fingerprint density at radius 1 is 1.00 bits per heavy atom. The van der Waals surface area contributed by atoms with E-state index in [9.17, 15) is 10.5 Å². The molecular weight excluding hydrogens is 284 g/mol. The lowest BCUT2D eigenvalue weighted by atomic mass is 9.85. The van der Waals surface area contributed by atoms with Gasteiger partial charge in [-0.1, -0.05) is 39.0 Å². The van der Waals surface area contributed by atoms with Crippen molar-refractivity contribution < 1.29 is 0 Å². The molecule has 23 heavy (non-hydrogen) atoms. The average Bonchev–Trinajstić information content (AvgIpc) is 2.88. The van der Waals surface area contributed by atoms with Crippen LogP contribution in [0.25, 0.3) is 20.8 Å². The van der Waals surface area contributed by atoms with Gasteiger partial charge in [0.05, 0.1) is 25.3 Å². The predicted molar refractivity (Wildman–Crippen MR) is 88.0 cm³/mol. The van der Waals surface area contributed by atoms with Crippen LogP contribution >= 0.6 is 0 Å². The molecule has 0 aliphatic heterocycles. The molecule has 0 saturated heterocycles.